The van der Waals surface area contributed by atoms with Crippen LogP contribution in [0.15, 0.2) is 24.3 Å². The Morgan fingerprint density at radius 1 is 1.44 bits per heavy atom. The van der Waals surface area contributed by atoms with E-state index in [0.29, 0.717) is 24.1 Å². The fourth-order valence-corrected chi connectivity index (χ4v) is 2.03. The Morgan fingerprint density at radius 3 is 2.61 bits per heavy atom. The second kappa shape index (κ2) is 4.77. The molecule has 0 bridgehead atoms. The average Bonchev–Trinajstić information content (AvgIpc) is 2.81. The van der Waals surface area contributed by atoms with Crippen LogP contribution in [0.1, 0.15) is 22.3 Å². The highest BCUT2D eigenvalue weighted by Crippen LogP contribution is 2.22. The Kier molecular flexibility index (Phi) is 3.32. The molecule has 1 unspecified atom stereocenters. The lowest BCUT2D eigenvalue weighted by molar-refractivity contribution is -0.00455. The maximum Gasteiger partial charge on any atom is 0.253 e. The fraction of sp³-hybridized carbons (Fsp3) is 0.385. The largest absolute Gasteiger partial charge is 0.393 e. The summed E-state index contributed by atoms with van der Waals surface area (Å²) in [6.07, 6.45) is 0.380. The summed E-state index contributed by atoms with van der Waals surface area (Å²) in [7, 11) is 0. The van der Waals surface area contributed by atoms with Gasteiger partial charge in [-0.3, -0.25) is 4.79 Å². The SMILES string of the molecule is N#Cc1ccc(C(=O)N2CCC(O)(CO)C2)cc1. The molecular formula is C13H14N2O3. The highest BCUT2D eigenvalue weighted by Gasteiger charge is 2.37. The molecule has 1 atom stereocenters. The molecule has 1 aliphatic heterocycles. The van der Waals surface area contributed by atoms with Gasteiger partial charge in [-0.1, -0.05) is 0 Å². The minimum Gasteiger partial charge on any atom is -0.393 e. The number of rotatable bonds is 2. The van der Waals surface area contributed by atoms with Gasteiger partial charge in [-0.25, -0.2) is 0 Å². The smallest absolute Gasteiger partial charge is 0.253 e. The van der Waals surface area contributed by atoms with Crippen LogP contribution < -0.4 is 0 Å². The van der Waals surface area contributed by atoms with Crippen LogP contribution in [-0.4, -0.2) is 46.3 Å². The maximum atomic E-state index is 12.1. The maximum absolute atomic E-state index is 12.1. The molecule has 2 N–H and O–H groups in total. The minimum absolute atomic E-state index is 0.141. The summed E-state index contributed by atoms with van der Waals surface area (Å²) >= 11 is 0. The second-order valence-corrected chi connectivity index (χ2v) is 4.55. The summed E-state index contributed by atoms with van der Waals surface area (Å²) in [6.45, 7) is 0.225. The Morgan fingerprint density at radius 2 is 2.11 bits per heavy atom. The molecule has 1 amide bonds. The number of hydrogen-bond donors (Lipinski definition) is 2. The number of amides is 1. The summed E-state index contributed by atoms with van der Waals surface area (Å²) < 4.78 is 0. The molecule has 1 fully saturated rings. The van der Waals surface area contributed by atoms with Crippen LogP contribution in [0, 0.1) is 11.3 Å². The van der Waals surface area contributed by atoms with Crippen LogP contribution >= 0.6 is 0 Å². The molecule has 1 aromatic rings. The molecule has 5 heteroatoms. The number of carbonyl (C=O) groups excluding carboxylic acids is 1. The van der Waals surface area contributed by atoms with E-state index in [9.17, 15) is 9.90 Å². The van der Waals surface area contributed by atoms with Gasteiger partial charge in [0.15, 0.2) is 0 Å². The van der Waals surface area contributed by atoms with Crippen LogP contribution in [0.4, 0.5) is 0 Å². The molecule has 1 aromatic carbocycles. The van der Waals surface area contributed by atoms with Crippen LogP contribution in [0.25, 0.3) is 0 Å². The molecule has 0 spiro atoms. The number of hydrogen-bond acceptors (Lipinski definition) is 4. The molecular weight excluding hydrogens is 232 g/mol. The van der Waals surface area contributed by atoms with E-state index in [1.807, 2.05) is 6.07 Å². The van der Waals surface area contributed by atoms with E-state index < -0.39 is 5.60 Å². The Balaban J connectivity index is 2.11. The lowest BCUT2D eigenvalue weighted by Crippen LogP contribution is -2.38. The Hall–Kier alpha value is -1.90. The molecule has 1 heterocycles. The van der Waals surface area contributed by atoms with Gasteiger partial charge in [0.1, 0.15) is 5.60 Å². The molecule has 5 nitrogen and oxygen atoms in total. The van der Waals surface area contributed by atoms with Gasteiger partial charge in [-0.15, -0.1) is 0 Å². The standard InChI is InChI=1S/C13H14N2O3/c14-7-10-1-3-11(4-2-10)12(17)15-6-5-13(18,8-15)9-16/h1-4,16,18H,5-6,8-9H2. The van der Waals surface area contributed by atoms with Crippen LogP contribution in [0.5, 0.6) is 0 Å². The molecule has 0 radical (unpaired) electrons. The van der Waals surface area contributed by atoms with E-state index in [2.05, 4.69) is 0 Å². The van der Waals surface area contributed by atoms with Gasteiger partial charge >= 0.3 is 0 Å². The van der Waals surface area contributed by atoms with Crippen molar-refractivity contribution in [2.45, 2.75) is 12.0 Å². The lowest BCUT2D eigenvalue weighted by atomic mass is 10.1. The van der Waals surface area contributed by atoms with Gasteiger partial charge in [0.2, 0.25) is 0 Å². The summed E-state index contributed by atoms with van der Waals surface area (Å²) in [5, 5.41) is 27.6. The highest BCUT2D eigenvalue weighted by molar-refractivity contribution is 5.94. The van der Waals surface area contributed by atoms with E-state index in [0.717, 1.165) is 0 Å². The number of nitrogens with zero attached hydrogens (tertiary/aromatic N) is 2. The average molecular weight is 246 g/mol. The third kappa shape index (κ3) is 2.35. The van der Waals surface area contributed by atoms with Crippen molar-refractivity contribution < 1.29 is 15.0 Å². The van der Waals surface area contributed by atoms with Crippen molar-refractivity contribution >= 4 is 5.91 Å². The molecule has 0 aromatic heterocycles. The predicted molar refractivity (Wildman–Crippen MR) is 63.7 cm³/mol. The predicted octanol–water partition coefficient (Wildman–Crippen LogP) is 0.128. The van der Waals surface area contributed by atoms with Crippen molar-refractivity contribution in [3.63, 3.8) is 0 Å². The van der Waals surface area contributed by atoms with E-state index in [1.165, 1.54) is 4.90 Å². The first-order valence-electron chi connectivity index (χ1n) is 5.71. The third-order valence-electron chi connectivity index (χ3n) is 3.17. The number of benzene rings is 1. The number of nitriles is 1. The zero-order chi connectivity index (χ0) is 13.2. The number of carbonyl (C=O) groups is 1. The van der Waals surface area contributed by atoms with E-state index in [1.54, 1.807) is 24.3 Å². The third-order valence-corrected chi connectivity index (χ3v) is 3.17. The Bertz CT molecular complexity index is 492. The van der Waals surface area contributed by atoms with Crippen molar-refractivity contribution in [3.8, 4) is 6.07 Å². The number of likely N-dealkylation sites (tertiary alicyclic amines) is 1. The number of aliphatic hydroxyl groups is 2. The topological polar surface area (TPSA) is 84.6 Å². The van der Waals surface area contributed by atoms with Crippen molar-refractivity contribution in [3.05, 3.63) is 35.4 Å². The second-order valence-electron chi connectivity index (χ2n) is 4.55. The first kappa shape index (κ1) is 12.6. The molecule has 1 aliphatic rings. The van der Waals surface area contributed by atoms with Gasteiger partial charge in [-0.05, 0) is 30.7 Å². The van der Waals surface area contributed by atoms with Crippen molar-refractivity contribution in [2.24, 2.45) is 0 Å². The van der Waals surface area contributed by atoms with Gasteiger partial charge in [0.05, 0.1) is 24.8 Å². The van der Waals surface area contributed by atoms with Gasteiger partial charge < -0.3 is 15.1 Å². The van der Waals surface area contributed by atoms with Gasteiger partial charge in [0, 0.05) is 12.1 Å². The molecule has 0 aliphatic carbocycles. The monoisotopic (exact) mass is 246 g/mol. The van der Waals surface area contributed by atoms with Crippen molar-refractivity contribution in [1.82, 2.24) is 4.90 Å². The Labute approximate surface area is 105 Å². The van der Waals surface area contributed by atoms with Gasteiger partial charge in [-0.2, -0.15) is 5.26 Å². The first-order chi connectivity index (χ1) is 8.58. The molecule has 0 saturated carbocycles. The summed E-state index contributed by atoms with van der Waals surface area (Å²) in [5.74, 6) is -0.191. The molecule has 1 saturated heterocycles. The molecule has 2 rings (SSSR count). The quantitative estimate of drug-likeness (QED) is 0.776. The van der Waals surface area contributed by atoms with E-state index in [-0.39, 0.29) is 19.1 Å². The van der Waals surface area contributed by atoms with Crippen LogP contribution in [0.2, 0.25) is 0 Å². The summed E-state index contributed by atoms with van der Waals surface area (Å²) in [5.41, 5.74) is -0.196. The van der Waals surface area contributed by atoms with Gasteiger partial charge in [0.25, 0.3) is 5.91 Å². The van der Waals surface area contributed by atoms with Crippen molar-refractivity contribution in [2.75, 3.05) is 19.7 Å². The number of β-amino-alcohol motifs (C(OH)–C–C–N with tert-alkyl or cyclic N) is 1. The zero-order valence-electron chi connectivity index (χ0n) is 9.83. The first-order valence-corrected chi connectivity index (χ1v) is 5.71. The summed E-state index contributed by atoms with van der Waals surface area (Å²) in [6, 6.07) is 8.35. The lowest BCUT2D eigenvalue weighted by Gasteiger charge is -2.20. The van der Waals surface area contributed by atoms with Crippen LogP contribution in [0.3, 0.4) is 0 Å². The number of aliphatic hydroxyl groups excluding tert-OH is 1. The van der Waals surface area contributed by atoms with Crippen LogP contribution in [-0.2, 0) is 0 Å². The fourth-order valence-electron chi connectivity index (χ4n) is 2.03. The van der Waals surface area contributed by atoms with Crippen molar-refractivity contribution in [1.29, 1.82) is 5.26 Å². The molecule has 94 valence electrons. The van der Waals surface area contributed by atoms with E-state index in [4.69, 9.17) is 10.4 Å². The normalized spacial score (nSPS) is 22.8. The minimum atomic E-state index is -1.18. The highest BCUT2D eigenvalue weighted by atomic mass is 16.3. The zero-order valence-corrected chi connectivity index (χ0v) is 9.83. The molecule has 18 heavy (non-hydrogen) atoms. The van der Waals surface area contributed by atoms with E-state index >= 15 is 0 Å². The summed E-state index contributed by atoms with van der Waals surface area (Å²) in [4.78, 5) is 13.6.